The normalized spacial score (nSPS) is 15.2. The van der Waals surface area contributed by atoms with Crippen molar-refractivity contribution in [3.05, 3.63) is 66.7 Å². The molecule has 8 heteroatoms. The predicted molar refractivity (Wildman–Crippen MR) is 113 cm³/mol. The molecule has 1 heterocycles. The maximum absolute atomic E-state index is 12.9. The molecule has 2 N–H and O–H groups in total. The highest BCUT2D eigenvalue weighted by molar-refractivity contribution is 6.00. The molecule has 2 aromatic carbocycles. The fourth-order valence-corrected chi connectivity index (χ4v) is 3.78. The minimum absolute atomic E-state index is 0.213. The lowest BCUT2D eigenvalue weighted by Gasteiger charge is -2.42. The first-order chi connectivity index (χ1) is 14.8. The Labute approximate surface area is 177 Å². The zero-order chi connectivity index (χ0) is 22.1. The standard InChI is InChI=1S/C23H21F3N4O/c1-2-19(31)28-22(12-5-13-22)14-27-21-18-7-4-3-6-17(18)20(29-30-21)15-8-10-16(11-9-15)23(24,25)26/h2-4,6-11H,1,5,12-14H2,(H,27,30)(H,28,31). The van der Waals surface area contributed by atoms with E-state index in [1.54, 1.807) is 0 Å². The molecule has 1 aliphatic carbocycles. The number of hydrogen-bond donors (Lipinski definition) is 2. The van der Waals surface area contributed by atoms with Gasteiger partial charge in [0, 0.05) is 22.9 Å². The first kappa shape index (κ1) is 20.8. The molecule has 31 heavy (non-hydrogen) atoms. The second-order valence-electron chi connectivity index (χ2n) is 7.70. The van der Waals surface area contributed by atoms with Crippen LogP contribution in [0.15, 0.2) is 61.2 Å². The van der Waals surface area contributed by atoms with Gasteiger partial charge in [-0.05, 0) is 37.5 Å². The molecule has 0 spiro atoms. The average molecular weight is 426 g/mol. The average Bonchev–Trinajstić information content (AvgIpc) is 2.74. The molecule has 1 fully saturated rings. The lowest BCUT2D eigenvalue weighted by Crippen LogP contribution is -2.57. The van der Waals surface area contributed by atoms with Crippen molar-refractivity contribution in [1.82, 2.24) is 15.5 Å². The monoisotopic (exact) mass is 426 g/mol. The minimum Gasteiger partial charge on any atom is -0.366 e. The summed E-state index contributed by atoms with van der Waals surface area (Å²) in [5.41, 5.74) is 0.00415. The summed E-state index contributed by atoms with van der Waals surface area (Å²) in [6, 6.07) is 12.3. The van der Waals surface area contributed by atoms with E-state index in [1.807, 2.05) is 24.3 Å². The van der Waals surface area contributed by atoms with Crippen molar-refractivity contribution in [2.45, 2.75) is 31.0 Å². The number of fused-ring (bicyclic) bond motifs is 1. The second kappa shape index (κ2) is 8.02. The van der Waals surface area contributed by atoms with Gasteiger partial charge in [-0.15, -0.1) is 10.2 Å². The van der Waals surface area contributed by atoms with Gasteiger partial charge in [0.2, 0.25) is 5.91 Å². The number of benzene rings is 2. The molecule has 1 aromatic heterocycles. The van der Waals surface area contributed by atoms with Crippen molar-refractivity contribution in [2.75, 3.05) is 11.9 Å². The summed E-state index contributed by atoms with van der Waals surface area (Å²) < 4.78 is 38.6. The summed E-state index contributed by atoms with van der Waals surface area (Å²) in [4.78, 5) is 11.8. The quantitative estimate of drug-likeness (QED) is 0.547. The van der Waals surface area contributed by atoms with Gasteiger partial charge in [-0.1, -0.05) is 43.0 Å². The molecule has 0 saturated heterocycles. The molecular weight excluding hydrogens is 405 g/mol. The Morgan fingerprint density at radius 2 is 1.74 bits per heavy atom. The van der Waals surface area contributed by atoms with Crippen LogP contribution >= 0.6 is 0 Å². The van der Waals surface area contributed by atoms with Crippen LogP contribution in [-0.2, 0) is 11.0 Å². The first-order valence-corrected chi connectivity index (χ1v) is 9.93. The number of anilines is 1. The van der Waals surface area contributed by atoms with E-state index in [1.165, 1.54) is 18.2 Å². The van der Waals surface area contributed by atoms with Gasteiger partial charge in [-0.2, -0.15) is 13.2 Å². The molecule has 1 amide bonds. The van der Waals surface area contributed by atoms with Crippen molar-refractivity contribution in [2.24, 2.45) is 0 Å². The molecule has 0 atom stereocenters. The van der Waals surface area contributed by atoms with Crippen molar-refractivity contribution in [1.29, 1.82) is 0 Å². The van der Waals surface area contributed by atoms with Gasteiger partial charge in [-0.25, -0.2) is 0 Å². The van der Waals surface area contributed by atoms with Crippen LogP contribution in [0.1, 0.15) is 24.8 Å². The molecular formula is C23H21F3N4O. The van der Waals surface area contributed by atoms with Crippen LogP contribution in [0.2, 0.25) is 0 Å². The predicted octanol–water partition coefficient (Wildman–Crippen LogP) is 4.95. The zero-order valence-corrected chi connectivity index (χ0v) is 16.7. The Morgan fingerprint density at radius 3 is 2.32 bits per heavy atom. The third-order valence-electron chi connectivity index (χ3n) is 5.65. The van der Waals surface area contributed by atoms with Crippen LogP contribution in [-0.4, -0.2) is 28.2 Å². The lowest BCUT2D eigenvalue weighted by atomic mass is 9.76. The molecule has 1 saturated carbocycles. The van der Waals surface area contributed by atoms with Crippen molar-refractivity contribution < 1.29 is 18.0 Å². The zero-order valence-electron chi connectivity index (χ0n) is 16.7. The number of halogens is 3. The van der Waals surface area contributed by atoms with Gasteiger partial charge in [0.1, 0.15) is 5.69 Å². The van der Waals surface area contributed by atoms with Crippen LogP contribution in [0.5, 0.6) is 0 Å². The third kappa shape index (κ3) is 4.23. The Hall–Kier alpha value is -3.42. The fourth-order valence-electron chi connectivity index (χ4n) is 3.78. The fraction of sp³-hybridized carbons (Fsp3) is 0.261. The summed E-state index contributed by atoms with van der Waals surface area (Å²) in [6.07, 6.45) is -0.395. The third-order valence-corrected chi connectivity index (χ3v) is 5.65. The summed E-state index contributed by atoms with van der Waals surface area (Å²) >= 11 is 0. The van der Waals surface area contributed by atoms with Gasteiger partial charge < -0.3 is 10.6 Å². The van der Waals surface area contributed by atoms with E-state index in [2.05, 4.69) is 27.4 Å². The highest BCUT2D eigenvalue weighted by atomic mass is 19.4. The second-order valence-corrected chi connectivity index (χ2v) is 7.70. The summed E-state index contributed by atoms with van der Waals surface area (Å²) in [5.74, 6) is 0.348. The molecule has 1 aliphatic rings. The van der Waals surface area contributed by atoms with Gasteiger partial charge in [-0.3, -0.25) is 4.79 Å². The van der Waals surface area contributed by atoms with E-state index >= 15 is 0 Å². The van der Waals surface area contributed by atoms with E-state index in [0.29, 0.717) is 23.6 Å². The summed E-state index contributed by atoms with van der Waals surface area (Å²) in [6.45, 7) is 3.99. The van der Waals surface area contributed by atoms with Crippen molar-refractivity contribution in [3.63, 3.8) is 0 Å². The SMILES string of the molecule is C=CC(=O)NC1(CNc2nnc(-c3ccc(C(F)(F)F)cc3)c3ccccc23)CCC1. The molecule has 0 bridgehead atoms. The highest BCUT2D eigenvalue weighted by Crippen LogP contribution is 2.35. The largest absolute Gasteiger partial charge is 0.416 e. The Balaban J connectivity index is 1.63. The number of carbonyl (C=O) groups is 1. The number of rotatable bonds is 6. The van der Waals surface area contributed by atoms with E-state index in [0.717, 1.165) is 42.2 Å². The van der Waals surface area contributed by atoms with E-state index in [9.17, 15) is 18.0 Å². The Morgan fingerprint density at radius 1 is 1.06 bits per heavy atom. The Bertz CT molecular complexity index is 1120. The van der Waals surface area contributed by atoms with Crippen LogP contribution < -0.4 is 10.6 Å². The van der Waals surface area contributed by atoms with Crippen LogP contribution in [0, 0.1) is 0 Å². The van der Waals surface area contributed by atoms with Gasteiger partial charge in [0.05, 0.1) is 11.1 Å². The van der Waals surface area contributed by atoms with Gasteiger partial charge >= 0.3 is 6.18 Å². The molecule has 0 aliphatic heterocycles. The van der Waals surface area contributed by atoms with Crippen LogP contribution in [0.3, 0.4) is 0 Å². The maximum Gasteiger partial charge on any atom is 0.416 e. The molecule has 0 unspecified atom stereocenters. The number of carbonyl (C=O) groups excluding carboxylic acids is 1. The van der Waals surface area contributed by atoms with Crippen LogP contribution in [0.4, 0.5) is 19.0 Å². The topological polar surface area (TPSA) is 66.9 Å². The minimum atomic E-state index is -4.39. The lowest BCUT2D eigenvalue weighted by molar-refractivity contribution is -0.137. The van der Waals surface area contributed by atoms with Crippen molar-refractivity contribution in [3.8, 4) is 11.3 Å². The molecule has 5 nitrogen and oxygen atoms in total. The number of nitrogens with one attached hydrogen (secondary N) is 2. The van der Waals surface area contributed by atoms with Crippen molar-refractivity contribution >= 4 is 22.5 Å². The highest BCUT2D eigenvalue weighted by Gasteiger charge is 2.38. The van der Waals surface area contributed by atoms with E-state index in [-0.39, 0.29) is 11.4 Å². The van der Waals surface area contributed by atoms with Gasteiger partial charge in [0.25, 0.3) is 0 Å². The van der Waals surface area contributed by atoms with Gasteiger partial charge in [0.15, 0.2) is 5.82 Å². The molecule has 0 radical (unpaired) electrons. The smallest absolute Gasteiger partial charge is 0.366 e. The number of nitrogens with zero attached hydrogens (tertiary/aromatic N) is 2. The maximum atomic E-state index is 12.9. The molecule has 3 aromatic rings. The summed E-state index contributed by atoms with van der Waals surface area (Å²) in [7, 11) is 0. The van der Waals surface area contributed by atoms with E-state index < -0.39 is 11.7 Å². The number of alkyl halides is 3. The molecule has 4 rings (SSSR count). The molecule has 160 valence electrons. The number of amides is 1. The number of hydrogen-bond acceptors (Lipinski definition) is 4. The Kier molecular flexibility index (Phi) is 5.39. The van der Waals surface area contributed by atoms with Crippen LogP contribution in [0.25, 0.3) is 22.0 Å². The number of aromatic nitrogens is 2. The summed E-state index contributed by atoms with van der Waals surface area (Å²) in [5, 5.41) is 16.5. The van der Waals surface area contributed by atoms with E-state index in [4.69, 9.17) is 0 Å². The first-order valence-electron chi connectivity index (χ1n) is 9.93.